The highest BCUT2D eigenvalue weighted by molar-refractivity contribution is 5.66. The Morgan fingerprint density at radius 1 is 1.20 bits per heavy atom. The van der Waals surface area contributed by atoms with Crippen molar-refractivity contribution in [1.29, 1.82) is 0 Å². The molecule has 0 radical (unpaired) electrons. The van der Waals surface area contributed by atoms with Crippen LogP contribution in [0.15, 0.2) is 30.3 Å². The lowest BCUT2D eigenvalue weighted by atomic mass is 9.99. The second-order valence-corrected chi connectivity index (χ2v) is 4.24. The van der Waals surface area contributed by atoms with Gasteiger partial charge in [0.05, 0.1) is 0 Å². The van der Waals surface area contributed by atoms with Crippen LogP contribution in [-0.2, 0) is 0 Å². The van der Waals surface area contributed by atoms with E-state index in [9.17, 15) is 0 Å². The normalized spacial score (nSPS) is 17.6. The highest BCUT2D eigenvalue weighted by atomic mass is 15.1. The number of rotatable bonds is 2. The van der Waals surface area contributed by atoms with Crippen LogP contribution < -0.4 is 0 Å². The van der Waals surface area contributed by atoms with Crippen molar-refractivity contribution in [3.05, 3.63) is 41.5 Å². The molecule has 15 heavy (non-hydrogen) atoms. The first-order valence-electron chi connectivity index (χ1n) is 5.78. The van der Waals surface area contributed by atoms with E-state index in [1.807, 2.05) is 0 Å². The quantitative estimate of drug-likeness (QED) is 0.710. The van der Waals surface area contributed by atoms with Crippen LogP contribution in [0.3, 0.4) is 0 Å². The summed E-state index contributed by atoms with van der Waals surface area (Å²) in [4.78, 5) is 2.47. The van der Waals surface area contributed by atoms with Gasteiger partial charge < -0.3 is 0 Å². The first-order valence-corrected chi connectivity index (χ1v) is 5.78. The molecule has 0 unspecified atom stereocenters. The second kappa shape index (κ2) is 4.63. The molecule has 0 N–H and O–H groups in total. The molecule has 0 bridgehead atoms. The van der Waals surface area contributed by atoms with Crippen LogP contribution in [0, 0.1) is 6.92 Å². The fourth-order valence-corrected chi connectivity index (χ4v) is 2.03. The maximum absolute atomic E-state index is 2.47. The molecule has 0 atom stereocenters. The van der Waals surface area contributed by atoms with Crippen LogP contribution in [0.25, 0.3) is 5.57 Å². The van der Waals surface area contributed by atoms with Gasteiger partial charge in [-0.25, -0.2) is 0 Å². The minimum Gasteiger partial charge on any atom is -0.300 e. The molecule has 2 rings (SSSR count). The highest BCUT2D eigenvalue weighted by Gasteiger charge is 2.10. The summed E-state index contributed by atoms with van der Waals surface area (Å²) in [5.74, 6) is 0. The molecule has 1 aliphatic rings. The van der Waals surface area contributed by atoms with Crippen molar-refractivity contribution in [1.82, 2.24) is 4.90 Å². The van der Waals surface area contributed by atoms with Crippen molar-refractivity contribution in [2.45, 2.75) is 20.3 Å². The Morgan fingerprint density at radius 3 is 2.47 bits per heavy atom. The lowest BCUT2D eigenvalue weighted by Gasteiger charge is -2.24. The largest absolute Gasteiger partial charge is 0.300 e. The first-order chi connectivity index (χ1) is 7.29. The Balaban J connectivity index is 2.12. The second-order valence-electron chi connectivity index (χ2n) is 4.24. The molecule has 80 valence electrons. The van der Waals surface area contributed by atoms with Crippen molar-refractivity contribution in [2.24, 2.45) is 0 Å². The third-order valence-electron chi connectivity index (χ3n) is 3.16. The first kappa shape index (κ1) is 10.4. The Labute approximate surface area is 92.4 Å². The van der Waals surface area contributed by atoms with Crippen LogP contribution in [0.2, 0.25) is 0 Å². The lowest BCUT2D eigenvalue weighted by molar-refractivity contribution is 0.319. The fraction of sp³-hybridized carbons (Fsp3) is 0.429. The molecule has 0 amide bonds. The zero-order chi connectivity index (χ0) is 10.7. The Bertz CT molecular complexity index is 348. The number of aryl methyl sites for hydroxylation is 1. The van der Waals surface area contributed by atoms with Gasteiger partial charge in [-0.15, -0.1) is 0 Å². The number of nitrogens with zero attached hydrogens (tertiary/aromatic N) is 1. The van der Waals surface area contributed by atoms with Gasteiger partial charge in [-0.3, -0.25) is 4.90 Å². The summed E-state index contributed by atoms with van der Waals surface area (Å²) in [6.07, 6.45) is 3.56. The average Bonchev–Trinajstić information content (AvgIpc) is 2.30. The monoisotopic (exact) mass is 201 g/mol. The van der Waals surface area contributed by atoms with Crippen LogP contribution in [0.4, 0.5) is 0 Å². The van der Waals surface area contributed by atoms with E-state index in [4.69, 9.17) is 0 Å². The van der Waals surface area contributed by atoms with Gasteiger partial charge in [0.1, 0.15) is 0 Å². The summed E-state index contributed by atoms with van der Waals surface area (Å²) in [6, 6.07) is 8.87. The summed E-state index contributed by atoms with van der Waals surface area (Å²) in [6.45, 7) is 7.84. The molecule has 1 aliphatic heterocycles. The van der Waals surface area contributed by atoms with Gasteiger partial charge in [0.25, 0.3) is 0 Å². The maximum atomic E-state index is 2.47. The van der Waals surface area contributed by atoms with Gasteiger partial charge in [0.15, 0.2) is 0 Å². The minimum atomic E-state index is 1.11. The SMILES string of the molecule is CCN1CC=C(c2ccc(C)cc2)CC1. The number of likely N-dealkylation sites (N-methyl/N-ethyl adjacent to an activating group) is 1. The molecule has 1 heteroatoms. The van der Waals surface area contributed by atoms with E-state index in [-0.39, 0.29) is 0 Å². The van der Waals surface area contributed by atoms with Crippen molar-refractivity contribution < 1.29 is 0 Å². The van der Waals surface area contributed by atoms with E-state index in [1.165, 1.54) is 29.7 Å². The van der Waals surface area contributed by atoms with E-state index in [2.05, 4.69) is 49.1 Å². The Morgan fingerprint density at radius 2 is 1.93 bits per heavy atom. The maximum Gasteiger partial charge on any atom is 0.0169 e. The van der Waals surface area contributed by atoms with E-state index in [1.54, 1.807) is 0 Å². The van der Waals surface area contributed by atoms with Crippen molar-refractivity contribution >= 4 is 5.57 Å². The van der Waals surface area contributed by atoms with Gasteiger partial charge in [0.2, 0.25) is 0 Å². The Hall–Kier alpha value is -1.08. The molecule has 1 aromatic carbocycles. The zero-order valence-electron chi connectivity index (χ0n) is 9.66. The molecule has 0 saturated carbocycles. The standard InChI is InChI=1S/C14H19N/c1-3-15-10-8-14(9-11-15)13-6-4-12(2)5-7-13/h4-8H,3,9-11H2,1-2H3. The molecule has 0 aromatic heterocycles. The van der Waals surface area contributed by atoms with E-state index in [0.717, 1.165) is 13.1 Å². The van der Waals surface area contributed by atoms with Gasteiger partial charge in [-0.05, 0) is 31.0 Å². The smallest absolute Gasteiger partial charge is 0.0169 e. The van der Waals surface area contributed by atoms with Crippen molar-refractivity contribution in [3.63, 3.8) is 0 Å². The highest BCUT2D eigenvalue weighted by Crippen LogP contribution is 2.22. The minimum absolute atomic E-state index is 1.11. The van der Waals surface area contributed by atoms with E-state index >= 15 is 0 Å². The number of benzene rings is 1. The molecule has 0 fully saturated rings. The third-order valence-corrected chi connectivity index (χ3v) is 3.16. The van der Waals surface area contributed by atoms with Gasteiger partial charge in [0, 0.05) is 13.1 Å². The summed E-state index contributed by atoms with van der Waals surface area (Å²) in [5, 5.41) is 0. The summed E-state index contributed by atoms with van der Waals surface area (Å²) >= 11 is 0. The lowest BCUT2D eigenvalue weighted by Crippen LogP contribution is -2.27. The molecule has 0 saturated heterocycles. The fourth-order valence-electron chi connectivity index (χ4n) is 2.03. The predicted octanol–water partition coefficient (Wildman–Crippen LogP) is 3.10. The topological polar surface area (TPSA) is 3.24 Å². The molecule has 1 nitrogen and oxygen atoms in total. The zero-order valence-corrected chi connectivity index (χ0v) is 9.66. The average molecular weight is 201 g/mol. The number of hydrogen-bond donors (Lipinski definition) is 0. The molecular weight excluding hydrogens is 182 g/mol. The molecule has 1 aromatic rings. The molecule has 0 aliphatic carbocycles. The van der Waals surface area contributed by atoms with Gasteiger partial charge >= 0.3 is 0 Å². The molecule has 1 heterocycles. The van der Waals surface area contributed by atoms with Crippen LogP contribution in [0.1, 0.15) is 24.5 Å². The van der Waals surface area contributed by atoms with Crippen LogP contribution in [-0.4, -0.2) is 24.5 Å². The molecule has 0 spiro atoms. The van der Waals surface area contributed by atoms with E-state index < -0.39 is 0 Å². The van der Waals surface area contributed by atoms with Crippen molar-refractivity contribution in [3.8, 4) is 0 Å². The third kappa shape index (κ3) is 2.48. The van der Waals surface area contributed by atoms with Gasteiger partial charge in [-0.2, -0.15) is 0 Å². The van der Waals surface area contributed by atoms with Crippen LogP contribution >= 0.6 is 0 Å². The summed E-state index contributed by atoms with van der Waals surface area (Å²) in [5.41, 5.74) is 4.25. The summed E-state index contributed by atoms with van der Waals surface area (Å²) < 4.78 is 0. The van der Waals surface area contributed by atoms with Gasteiger partial charge in [-0.1, -0.05) is 42.8 Å². The van der Waals surface area contributed by atoms with Crippen molar-refractivity contribution in [2.75, 3.05) is 19.6 Å². The molecular formula is C14H19N. The number of hydrogen-bond acceptors (Lipinski definition) is 1. The predicted molar refractivity (Wildman–Crippen MR) is 65.9 cm³/mol. The van der Waals surface area contributed by atoms with E-state index in [0.29, 0.717) is 0 Å². The summed E-state index contributed by atoms with van der Waals surface area (Å²) in [7, 11) is 0. The van der Waals surface area contributed by atoms with Crippen LogP contribution in [0.5, 0.6) is 0 Å². The Kier molecular flexibility index (Phi) is 3.22.